The van der Waals surface area contributed by atoms with Crippen molar-refractivity contribution < 1.29 is 4.74 Å². The van der Waals surface area contributed by atoms with Crippen molar-refractivity contribution in [3.63, 3.8) is 0 Å². The van der Waals surface area contributed by atoms with E-state index >= 15 is 0 Å². The van der Waals surface area contributed by atoms with Crippen LogP contribution in [0, 0.1) is 13.8 Å². The summed E-state index contributed by atoms with van der Waals surface area (Å²) in [5.41, 5.74) is 10.4. The van der Waals surface area contributed by atoms with E-state index in [1.165, 1.54) is 15.6 Å². The molecule has 2 N–H and O–H groups in total. The van der Waals surface area contributed by atoms with Gasteiger partial charge < -0.3 is 10.5 Å². The molecule has 0 amide bonds. The van der Waals surface area contributed by atoms with Gasteiger partial charge in [-0.25, -0.2) is 0 Å². The summed E-state index contributed by atoms with van der Waals surface area (Å²) in [6.45, 7) is 5.32. The first kappa shape index (κ1) is 14.1. The van der Waals surface area contributed by atoms with E-state index in [1.54, 1.807) is 11.3 Å². The van der Waals surface area contributed by atoms with Gasteiger partial charge in [-0.15, -0.1) is 11.3 Å². The van der Waals surface area contributed by atoms with Gasteiger partial charge >= 0.3 is 0 Å². The molecule has 0 aliphatic heterocycles. The molecule has 0 radical (unpaired) electrons. The second-order valence-corrected chi connectivity index (χ2v) is 6.22. The lowest BCUT2D eigenvalue weighted by molar-refractivity contribution is 0.303. The Bertz CT molecular complexity index is 753. The zero-order chi connectivity index (χ0) is 14.8. The number of aryl methyl sites for hydroxylation is 2. The highest BCUT2D eigenvalue weighted by Gasteiger charge is 2.08. The molecule has 3 heteroatoms. The Labute approximate surface area is 129 Å². The lowest BCUT2D eigenvalue weighted by Gasteiger charge is -2.13. The lowest BCUT2D eigenvalue weighted by atomic mass is 10.1. The fraction of sp³-hybridized carbons (Fsp3) is 0.222. The third-order valence-corrected chi connectivity index (χ3v) is 4.70. The lowest BCUT2D eigenvalue weighted by Crippen LogP contribution is -2.02. The average molecular weight is 297 g/mol. The van der Waals surface area contributed by atoms with Gasteiger partial charge in [0.2, 0.25) is 0 Å². The summed E-state index contributed by atoms with van der Waals surface area (Å²) in [6.07, 6.45) is 0. The highest BCUT2D eigenvalue weighted by atomic mass is 32.1. The van der Waals surface area contributed by atoms with Crippen LogP contribution >= 0.6 is 11.3 Å². The Hall–Kier alpha value is -1.84. The maximum atomic E-state index is 6.09. The van der Waals surface area contributed by atoms with Crippen LogP contribution in [0.25, 0.3) is 10.1 Å². The summed E-state index contributed by atoms with van der Waals surface area (Å²) in [6, 6.07) is 12.7. The van der Waals surface area contributed by atoms with E-state index in [-0.39, 0.29) is 0 Å². The van der Waals surface area contributed by atoms with Crippen molar-refractivity contribution in [2.24, 2.45) is 5.73 Å². The summed E-state index contributed by atoms with van der Waals surface area (Å²) in [5.74, 6) is 0.975. The first-order chi connectivity index (χ1) is 10.2. The van der Waals surface area contributed by atoms with Crippen molar-refractivity contribution >= 4 is 21.4 Å². The van der Waals surface area contributed by atoms with Gasteiger partial charge in [-0.2, -0.15) is 0 Å². The van der Waals surface area contributed by atoms with E-state index in [9.17, 15) is 0 Å². The average Bonchev–Trinajstić information content (AvgIpc) is 2.89. The first-order valence-corrected chi connectivity index (χ1v) is 7.95. The van der Waals surface area contributed by atoms with Crippen LogP contribution in [0.1, 0.15) is 22.3 Å². The molecular weight excluding hydrogens is 278 g/mol. The SMILES string of the molecule is Cc1cc(CN)cc(C)c1OCc1csc2ccccc12. The zero-order valence-electron chi connectivity index (χ0n) is 12.3. The molecule has 3 aromatic rings. The summed E-state index contributed by atoms with van der Waals surface area (Å²) in [7, 11) is 0. The Morgan fingerprint density at radius 3 is 2.52 bits per heavy atom. The van der Waals surface area contributed by atoms with Crippen LogP contribution in [0.3, 0.4) is 0 Å². The quantitative estimate of drug-likeness (QED) is 0.766. The topological polar surface area (TPSA) is 35.2 Å². The van der Waals surface area contributed by atoms with Crippen LogP contribution in [0.5, 0.6) is 5.75 Å². The Morgan fingerprint density at radius 1 is 1.10 bits per heavy atom. The zero-order valence-corrected chi connectivity index (χ0v) is 13.2. The van der Waals surface area contributed by atoms with E-state index < -0.39 is 0 Å². The van der Waals surface area contributed by atoms with E-state index in [0.29, 0.717) is 13.2 Å². The number of hydrogen-bond acceptors (Lipinski definition) is 3. The molecule has 0 atom stereocenters. The molecule has 0 saturated carbocycles. The van der Waals surface area contributed by atoms with Gasteiger partial charge in [0.1, 0.15) is 12.4 Å². The van der Waals surface area contributed by atoms with Gasteiger partial charge in [0.25, 0.3) is 0 Å². The van der Waals surface area contributed by atoms with E-state index in [0.717, 1.165) is 22.4 Å². The molecule has 1 heterocycles. The highest BCUT2D eigenvalue weighted by molar-refractivity contribution is 7.17. The molecular formula is C18H19NOS. The monoisotopic (exact) mass is 297 g/mol. The van der Waals surface area contributed by atoms with E-state index in [1.807, 2.05) is 0 Å². The predicted octanol–water partition coefficient (Wildman–Crippen LogP) is 4.56. The molecule has 3 rings (SSSR count). The fourth-order valence-electron chi connectivity index (χ4n) is 2.68. The molecule has 2 aromatic carbocycles. The normalized spacial score (nSPS) is 11.0. The fourth-order valence-corrected chi connectivity index (χ4v) is 3.63. The van der Waals surface area contributed by atoms with Crippen molar-refractivity contribution in [2.45, 2.75) is 27.0 Å². The van der Waals surface area contributed by atoms with Crippen LogP contribution in [0.4, 0.5) is 0 Å². The molecule has 2 nitrogen and oxygen atoms in total. The number of hydrogen-bond donors (Lipinski definition) is 1. The third-order valence-electron chi connectivity index (χ3n) is 3.69. The molecule has 0 unspecified atom stereocenters. The van der Waals surface area contributed by atoms with Crippen LogP contribution in [0.15, 0.2) is 41.8 Å². The van der Waals surface area contributed by atoms with Crippen molar-refractivity contribution in [1.29, 1.82) is 0 Å². The maximum absolute atomic E-state index is 6.09. The molecule has 1 aromatic heterocycles. The van der Waals surface area contributed by atoms with Crippen LogP contribution in [-0.4, -0.2) is 0 Å². The molecule has 108 valence electrons. The predicted molar refractivity (Wildman–Crippen MR) is 90.0 cm³/mol. The summed E-state index contributed by atoms with van der Waals surface area (Å²) in [4.78, 5) is 0. The number of benzene rings is 2. The molecule has 0 saturated heterocycles. The number of thiophene rings is 1. The molecule has 0 aliphatic carbocycles. The van der Waals surface area contributed by atoms with Gasteiger partial charge in [0, 0.05) is 16.8 Å². The Morgan fingerprint density at radius 2 is 1.81 bits per heavy atom. The molecule has 21 heavy (non-hydrogen) atoms. The third kappa shape index (κ3) is 2.80. The molecule has 0 fully saturated rings. The van der Waals surface area contributed by atoms with Crippen LogP contribution in [-0.2, 0) is 13.2 Å². The van der Waals surface area contributed by atoms with Crippen LogP contribution in [0.2, 0.25) is 0 Å². The Balaban J connectivity index is 1.85. The second-order valence-electron chi connectivity index (χ2n) is 5.31. The van der Waals surface area contributed by atoms with Crippen molar-refractivity contribution in [3.8, 4) is 5.75 Å². The minimum atomic E-state index is 0.567. The van der Waals surface area contributed by atoms with E-state index in [4.69, 9.17) is 10.5 Å². The Kier molecular flexibility index (Phi) is 3.95. The summed E-state index contributed by atoms with van der Waals surface area (Å²) in [5, 5.41) is 3.47. The second kappa shape index (κ2) is 5.88. The van der Waals surface area contributed by atoms with Gasteiger partial charge in [0.15, 0.2) is 0 Å². The smallest absolute Gasteiger partial charge is 0.125 e. The first-order valence-electron chi connectivity index (χ1n) is 7.07. The maximum Gasteiger partial charge on any atom is 0.125 e. The number of fused-ring (bicyclic) bond motifs is 1. The van der Waals surface area contributed by atoms with Gasteiger partial charge in [0.05, 0.1) is 0 Å². The summed E-state index contributed by atoms with van der Waals surface area (Å²) >= 11 is 1.77. The van der Waals surface area contributed by atoms with Crippen molar-refractivity contribution in [1.82, 2.24) is 0 Å². The van der Waals surface area contributed by atoms with Crippen molar-refractivity contribution in [3.05, 3.63) is 64.0 Å². The minimum absolute atomic E-state index is 0.567. The number of ether oxygens (including phenoxy) is 1. The standard InChI is InChI=1S/C18H19NOS/c1-12-7-14(9-19)8-13(2)18(12)20-10-15-11-21-17-6-4-3-5-16(15)17/h3-8,11H,9-10,19H2,1-2H3. The minimum Gasteiger partial charge on any atom is -0.488 e. The number of nitrogens with two attached hydrogens (primary N) is 1. The highest BCUT2D eigenvalue weighted by Crippen LogP contribution is 2.29. The molecule has 0 bridgehead atoms. The molecule has 0 aliphatic rings. The summed E-state index contributed by atoms with van der Waals surface area (Å²) < 4.78 is 7.39. The van der Waals surface area contributed by atoms with Gasteiger partial charge in [-0.05, 0) is 47.4 Å². The number of rotatable bonds is 4. The van der Waals surface area contributed by atoms with Gasteiger partial charge in [-0.3, -0.25) is 0 Å². The largest absolute Gasteiger partial charge is 0.488 e. The van der Waals surface area contributed by atoms with Crippen molar-refractivity contribution in [2.75, 3.05) is 0 Å². The van der Waals surface area contributed by atoms with Crippen LogP contribution < -0.4 is 10.5 Å². The van der Waals surface area contributed by atoms with E-state index in [2.05, 4.69) is 55.6 Å². The van der Waals surface area contributed by atoms with Gasteiger partial charge in [-0.1, -0.05) is 30.3 Å². The molecule has 0 spiro atoms.